The van der Waals surface area contributed by atoms with Gasteiger partial charge in [0.25, 0.3) is 5.91 Å². The second kappa shape index (κ2) is 7.88. The topological polar surface area (TPSA) is 89.6 Å². The number of fused-ring (bicyclic) bond motifs is 1. The molecule has 4 rings (SSSR count). The molecule has 2 heterocycles. The molecule has 0 aliphatic carbocycles. The maximum absolute atomic E-state index is 13.6. The van der Waals surface area contributed by atoms with Gasteiger partial charge in [-0.1, -0.05) is 12.1 Å². The van der Waals surface area contributed by atoms with E-state index in [9.17, 15) is 14.0 Å². The summed E-state index contributed by atoms with van der Waals surface area (Å²) in [6.07, 6.45) is -0.807. The lowest BCUT2D eigenvalue weighted by atomic mass is 10.1. The number of benzene rings is 2. The van der Waals surface area contributed by atoms with Gasteiger partial charge in [0.15, 0.2) is 16.6 Å². The summed E-state index contributed by atoms with van der Waals surface area (Å²) in [6.45, 7) is 1.43. The number of thiazole rings is 1. The Hall–Kier alpha value is -3.46. The third-order valence-electron chi connectivity index (χ3n) is 4.10. The predicted octanol–water partition coefficient (Wildman–Crippen LogP) is 3.69. The van der Waals surface area contributed by atoms with Crippen LogP contribution in [0.1, 0.15) is 6.92 Å². The smallest absolute Gasteiger partial charge is 0.270 e. The van der Waals surface area contributed by atoms with Crippen LogP contribution < -0.4 is 20.1 Å². The number of aromatic nitrogens is 1. The van der Waals surface area contributed by atoms with Gasteiger partial charge in [-0.2, -0.15) is 0 Å². The van der Waals surface area contributed by atoms with E-state index in [1.54, 1.807) is 23.6 Å². The number of nitrogens with zero attached hydrogens (tertiary/aromatic N) is 1. The first-order valence-corrected chi connectivity index (χ1v) is 9.60. The number of carbonyl (C=O) groups is 2. The van der Waals surface area contributed by atoms with Crippen molar-refractivity contribution in [1.29, 1.82) is 0 Å². The minimum Gasteiger partial charge on any atom is -0.485 e. The Kier molecular flexibility index (Phi) is 5.13. The molecule has 1 aliphatic rings. The molecule has 0 saturated carbocycles. The number of hydrogen-bond donors (Lipinski definition) is 2. The van der Waals surface area contributed by atoms with E-state index in [0.717, 1.165) is 0 Å². The molecular formula is C20H16FN3O4S. The molecule has 0 fully saturated rings. The fourth-order valence-electron chi connectivity index (χ4n) is 2.82. The number of para-hydroxylation sites is 2. The number of rotatable bonds is 4. The van der Waals surface area contributed by atoms with E-state index < -0.39 is 11.9 Å². The molecule has 0 spiro atoms. The van der Waals surface area contributed by atoms with Crippen molar-refractivity contribution in [2.24, 2.45) is 0 Å². The van der Waals surface area contributed by atoms with E-state index in [2.05, 4.69) is 15.6 Å². The molecule has 0 saturated heterocycles. The number of carbonyl (C=O) groups excluding carboxylic acids is 2. The van der Waals surface area contributed by atoms with Gasteiger partial charge in [-0.25, -0.2) is 9.37 Å². The Morgan fingerprint density at radius 2 is 1.97 bits per heavy atom. The highest BCUT2D eigenvalue weighted by Crippen LogP contribution is 2.33. The molecule has 3 aromatic rings. The molecule has 148 valence electrons. The lowest BCUT2D eigenvalue weighted by Crippen LogP contribution is -2.40. The largest absolute Gasteiger partial charge is 0.485 e. The van der Waals surface area contributed by atoms with Gasteiger partial charge in [-0.3, -0.25) is 14.9 Å². The molecule has 29 heavy (non-hydrogen) atoms. The SMILES string of the molecule is CC(=O)Nc1cc(F)ccc1-c1csc(NC(=O)[C@H]2COc3ccccc3O2)n1. The molecule has 1 aliphatic heterocycles. The highest BCUT2D eigenvalue weighted by molar-refractivity contribution is 7.14. The normalized spacial score (nSPS) is 14.9. The number of amides is 2. The fourth-order valence-corrected chi connectivity index (χ4v) is 3.54. The maximum atomic E-state index is 13.6. The minimum atomic E-state index is -0.807. The first kappa shape index (κ1) is 18.9. The highest BCUT2D eigenvalue weighted by atomic mass is 32.1. The van der Waals surface area contributed by atoms with Gasteiger partial charge in [0.1, 0.15) is 12.4 Å². The number of ether oxygens (including phenoxy) is 2. The lowest BCUT2D eigenvalue weighted by molar-refractivity contribution is -0.125. The molecule has 0 bridgehead atoms. The van der Waals surface area contributed by atoms with E-state index in [-0.39, 0.29) is 18.4 Å². The average Bonchev–Trinajstić information content (AvgIpc) is 3.15. The monoisotopic (exact) mass is 413 g/mol. The summed E-state index contributed by atoms with van der Waals surface area (Å²) in [5, 5.41) is 7.35. The Morgan fingerprint density at radius 3 is 2.76 bits per heavy atom. The summed E-state index contributed by atoms with van der Waals surface area (Å²) in [7, 11) is 0. The molecule has 9 heteroatoms. The Morgan fingerprint density at radius 1 is 1.17 bits per heavy atom. The zero-order valence-corrected chi connectivity index (χ0v) is 16.1. The van der Waals surface area contributed by atoms with Crippen LogP contribution in [-0.2, 0) is 9.59 Å². The lowest BCUT2D eigenvalue weighted by Gasteiger charge is -2.25. The Labute approximate surface area is 169 Å². The van der Waals surface area contributed by atoms with Crippen LogP contribution in [0.2, 0.25) is 0 Å². The first-order chi connectivity index (χ1) is 14.0. The van der Waals surface area contributed by atoms with Gasteiger partial charge in [-0.15, -0.1) is 11.3 Å². The van der Waals surface area contributed by atoms with Crippen molar-refractivity contribution in [2.75, 3.05) is 17.2 Å². The van der Waals surface area contributed by atoms with Crippen LogP contribution in [0, 0.1) is 5.82 Å². The van der Waals surface area contributed by atoms with Gasteiger partial charge >= 0.3 is 0 Å². The number of hydrogen-bond acceptors (Lipinski definition) is 6. The summed E-state index contributed by atoms with van der Waals surface area (Å²) < 4.78 is 24.8. The zero-order chi connectivity index (χ0) is 20.4. The molecule has 7 nitrogen and oxygen atoms in total. The number of halogens is 1. The zero-order valence-electron chi connectivity index (χ0n) is 15.3. The second-order valence-electron chi connectivity index (χ2n) is 6.26. The molecule has 1 atom stereocenters. The van der Waals surface area contributed by atoms with Crippen LogP contribution in [0.15, 0.2) is 47.8 Å². The van der Waals surface area contributed by atoms with Gasteiger partial charge in [0.05, 0.1) is 11.4 Å². The van der Waals surface area contributed by atoms with Crippen LogP contribution >= 0.6 is 11.3 Å². The number of anilines is 2. The van der Waals surface area contributed by atoms with Gasteiger partial charge in [0.2, 0.25) is 12.0 Å². The average molecular weight is 413 g/mol. The van der Waals surface area contributed by atoms with E-state index in [0.29, 0.717) is 33.6 Å². The third-order valence-corrected chi connectivity index (χ3v) is 4.86. The molecule has 0 radical (unpaired) electrons. The van der Waals surface area contributed by atoms with Crippen LogP contribution in [-0.4, -0.2) is 29.5 Å². The van der Waals surface area contributed by atoms with Crippen molar-refractivity contribution in [3.05, 3.63) is 53.7 Å². The second-order valence-corrected chi connectivity index (χ2v) is 7.12. The molecule has 2 amide bonds. The van der Waals surface area contributed by atoms with Gasteiger partial charge in [-0.05, 0) is 30.3 Å². The van der Waals surface area contributed by atoms with Crippen molar-refractivity contribution in [3.63, 3.8) is 0 Å². The van der Waals surface area contributed by atoms with Crippen LogP contribution in [0.25, 0.3) is 11.3 Å². The van der Waals surface area contributed by atoms with Crippen molar-refractivity contribution in [2.45, 2.75) is 13.0 Å². The van der Waals surface area contributed by atoms with E-state index >= 15 is 0 Å². The molecule has 1 aromatic heterocycles. The van der Waals surface area contributed by atoms with E-state index in [1.807, 2.05) is 6.07 Å². The maximum Gasteiger partial charge on any atom is 0.270 e. The molecule has 0 unspecified atom stereocenters. The Bertz CT molecular complexity index is 1090. The third kappa shape index (κ3) is 4.19. The van der Waals surface area contributed by atoms with E-state index in [1.165, 1.54) is 36.5 Å². The predicted molar refractivity (Wildman–Crippen MR) is 107 cm³/mol. The van der Waals surface area contributed by atoms with Crippen LogP contribution in [0.3, 0.4) is 0 Å². The highest BCUT2D eigenvalue weighted by Gasteiger charge is 2.28. The standard InChI is InChI=1S/C20H16FN3O4S/c1-11(25)22-14-8-12(21)6-7-13(14)15-10-29-20(23-15)24-19(26)18-9-27-16-4-2-3-5-17(16)28-18/h2-8,10,18H,9H2,1H3,(H,22,25)(H,23,24,26)/t18-/m1/s1. The first-order valence-electron chi connectivity index (χ1n) is 8.72. The molecule has 2 aromatic carbocycles. The van der Waals surface area contributed by atoms with Gasteiger partial charge < -0.3 is 14.8 Å². The van der Waals surface area contributed by atoms with Crippen LogP contribution in [0.4, 0.5) is 15.2 Å². The summed E-state index contributed by atoms with van der Waals surface area (Å²) in [5.41, 5.74) is 1.35. The summed E-state index contributed by atoms with van der Waals surface area (Å²) in [5.74, 6) is -0.0900. The summed E-state index contributed by atoms with van der Waals surface area (Å²) >= 11 is 1.21. The van der Waals surface area contributed by atoms with Crippen LogP contribution in [0.5, 0.6) is 11.5 Å². The quantitative estimate of drug-likeness (QED) is 0.681. The number of nitrogens with one attached hydrogen (secondary N) is 2. The Balaban J connectivity index is 1.49. The van der Waals surface area contributed by atoms with Crippen molar-refractivity contribution in [1.82, 2.24) is 4.98 Å². The summed E-state index contributed by atoms with van der Waals surface area (Å²) in [6, 6.07) is 11.1. The molecule has 2 N–H and O–H groups in total. The fraction of sp³-hybridized carbons (Fsp3) is 0.150. The van der Waals surface area contributed by atoms with Gasteiger partial charge in [0, 0.05) is 17.9 Å². The van der Waals surface area contributed by atoms with Crippen molar-refractivity contribution in [3.8, 4) is 22.8 Å². The summed E-state index contributed by atoms with van der Waals surface area (Å²) in [4.78, 5) is 28.3. The minimum absolute atomic E-state index is 0.0890. The van der Waals surface area contributed by atoms with Crippen molar-refractivity contribution >= 4 is 34.0 Å². The van der Waals surface area contributed by atoms with E-state index in [4.69, 9.17) is 9.47 Å². The van der Waals surface area contributed by atoms with Crippen molar-refractivity contribution < 1.29 is 23.5 Å². The molecular weight excluding hydrogens is 397 g/mol.